The highest BCUT2D eigenvalue weighted by Crippen LogP contribution is 2.48. The molecular weight excluding hydrogens is 562 g/mol. The average Bonchev–Trinajstić information content (AvgIpc) is 3.50. The van der Waals surface area contributed by atoms with Gasteiger partial charge in [0.15, 0.2) is 16.4 Å². The van der Waals surface area contributed by atoms with Gasteiger partial charge in [-0.1, -0.05) is 93.6 Å². The Bertz CT molecular complexity index is 1680. The number of hydrogen-bond acceptors (Lipinski definition) is 6. The first-order chi connectivity index (χ1) is 20.3. The molecule has 0 bridgehead atoms. The zero-order valence-corrected chi connectivity index (χ0v) is 25.9. The molecule has 224 valence electrons. The Balaban J connectivity index is 1.55. The second kappa shape index (κ2) is 11.4. The predicted molar refractivity (Wildman–Crippen MR) is 165 cm³/mol. The fraction of sp³-hybridized carbons (Fsp3) is 0.324. The van der Waals surface area contributed by atoms with Gasteiger partial charge in [-0.25, -0.2) is 4.98 Å². The van der Waals surface area contributed by atoms with E-state index in [1.54, 1.807) is 29.8 Å². The molecule has 8 nitrogen and oxygen atoms in total. The summed E-state index contributed by atoms with van der Waals surface area (Å²) in [4.78, 5) is 32.5. The number of hydrogen-bond donors (Lipinski definition) is 0. The van der Waals surface area contributed by atoms with Crippen molar-refractivity contribution in [2.24, 2.45) is 18.4 Å². The minimum atomic E-state index is -3.93. The lowest BCUT2D eigenvalue weighted by atomic mass is 9.66. The molecule has 43 heavy (non-hydrogen) atoms. The molecule has 1 aromatic heterocycles. The Morgan fingerprint density at radius 3 is 2.02 bits per heavy atom. The lowest BCUT2D eigenvalue weighted by molar-refractivity contribution is -0.153. The number of carbonyl (C=O) groups excluding carboxylic acids is 2. The molecule has 9 heteroatoms. The van der Waals surface area contributed by atoms with E-state index in [1.807, 2.05) is 87.5 Å². The van der Waals surface area contributed by atoms with Gasteiger partial charge in [-0.15, -0.1) is 0 Å². The Morgan fingerprint density at radius 2 is 1.51 bits per heavy atom. The number of Topliss-reactive ketones (excluding diaryl/α,β-unsaturated/α-hetero) is 1. The van der Waals surface area contributed by atoms with Crippen molar-refractivity contribution < 1.29 is 22.7 Å². The second-order valence-electron chi connectivity index (χ2n) is 12.4. The fourth-order valence-corrected chi connectivity index (χ4v) is 7.20. The van der Waals surface area contributed by atoms with Gasteiger partial charge in [-0.05, 0) is 34.2 Å². The summed E-state index contributed by atoms with van der Waals surface area (Å²) in [5, 5.41) is -0.0727. The Morgan fingerprint density at radius 1 is 0.930 bits per heavy atom. The molecule has 2 heterocycles. The largest absolute Gasteiger partial charge is 0.450 e. The number of aromatic nitrogens is 2. The third-order valence-electron chi connectivity index (χ3n) is 8.11. The molecule has 2 atom stereocenters. The summed E-state index contributed by atoms with van der Waals surface area (Å²) in [6, 6.07) is 26.2. The average molecular weight is 600 g/mol. The summed E-state index contributed by atoms with van der Waals surface area (Å²) in [6.07, 6.45) is 3.39. The first-order valence-corrected chi connectivity index (χ1v) is 15.7. The molecular formula is C34H37N3O5S. The highest BCUT2D eigenvalue weighted by Gasteiger charge is 2.59. The van der Waals surface area contributed by atoms with Gasteiger partial charge in [0.2, 0.25) is 0 Å². The summed E-state index contributed by atoms with van der Waals surface area (Å²) in [5.74, 6) is -2.46. The molecule has 1 aliphatic rings. The molecule has 0 spiro atoms. The van der Waals surface area contributed by atoms with Crippen molar-refractivity contribution in [2.75, 3.05) is 11.4 Å². The number of sulfonamides is 1. The second-order valence-corrected chi connectivity index (χ2v) is 14.3. The van der Waals surface area contributed by atoms with Crippen LogP contribution in [-0.2, 0) is 44.2 Å². The number of imidazole rings is 1. The normalized spacial score (nSPS) is 17.5. The smallest absolute Gasteiger partial charge is 0.318 e. The van der Waals surface area contributed by atoms with Crippen LogP contribution < -0.4 is 4.31 Å². The SMILES string of the molecule is CN(c1cccc(C(C2C(=O)OC(Cc3ccccc3)(Cc3ccccc3)C2=O)C(C)(C)C)c1)S(=O)(=O)c1cn(C)cn1. The van der Waals surface area contributed by atoms with E-state index < -0.39 is 38.8 Å². The standard InChI is InChI=1S/C34H37N3O5S/c1-33(2,3)30(26-17-12-18-27(19-26)37(5)43(40,41)28-22-36(4)23-35-28)29-31(38)34(42-32(29)39,20-24-13-8-6-9-14-24)21-25-15-10-7-11-16-25/h6-19,22-23,29-30H,20-21H2,1-5H3. The van der Waals surface area contributed by atoms with Crippen molar-refractivity contribution in [1.82, 2.24) is 9.55 Å². The summed E-state index contributed by atoms with van der Waals surface area (Å²) in [6.45, 7) is 5.94. The lowest BCUT2D eigenvalue weighted by Crippen LogP contribution is -2.44. The number of cyclic esters (lactones) is 1. The van der Waals surface area contributed by atoms with Gasteiger partial charge in [-0.2, -0.15) is 8.42 Å². The maximum absolute atomic E-state index is 14.6. The number of rotatable bonds is 9. The van der Waals surface area contributed by atoms with Crippen LogP contribution in [0.15, 0.2) is 102 Å². The number of ether oxygens (including phenoxy) is 1. The first-order valence-electron chi connectivity index (χ1n) is 14.2. The molecule has 0 amide bonds. The molecule has 2 unspecified atom stereocenters. The summed E-state index contributed by atoms with van der Waals surface area (Å²) in [7, 11) is -0.765. The summed E-state index contributed by atoms with van der Waals surface area (Å²) >= 11 is 0. The minimum Gasteiger partial charge on any atom is -0.450 e. The van der Waals surface area contributed by atoms with Crippen LogP contribution in [0.5, 0.6) is 0 Å². The molecule has 4 aromatic rings. The van der Waals surface area contributed by atoms with Gasteiger partial charge >= 0.3 is 5.97 Å². The highest BCUT2D eigenvalue weighted by atomic mass is 32.2. The number of anilines is 1. The third-order valence-corrected chi connectivity index (χ3v) is 9.78. The van der Waals surface area contributed by atoms with Crippen molar-refractivity contribution in [3.8, 4) is 0 Å². The van der Waals surface area contributed by atoms with Crippen LogP contribution in [0.3, 0.4) is 0 Å². The van der Waals surface area contributed by atoms with E-state index in [1.165, 1.54) is 23.9 Å². The van der Waals surface area contributed by atoms with Gasteiger partial charge in [-0.3, -0.25) is 13.9 Å². The van der Waals surface area contributed by atoms with Gasteiger partial charge in [0.25, 0.3) is 10.0 Å². The van der Waals surface area contributed by atoms with Crippen molar-refractivity contribution in [3.63, 3.8) is 0 Å². The molecule has 0 aliphatic carbocycles. The number of carbonyl (C=O) groups is 2. The Hall–Kier alpha value is -4.24. The molecule has 0 saturated carbocycles. The van der Waals surface area contributed by atoms with E-state index in [4.69, 9.17) is 4.74 Å². The monoisotopic (exact) mass is 599 g/mol. The van der Waals surface area contributed by atoms with Crippen molar-refractivity contribution >= 4 is 27.5 Å². The lowest BCUT2D eigenvalue weighted by Gasteiger charge is -2.34. The number of esters is 1. The van der Waals surface area contributed by atoms with Gasteiger partial charge < -0.3 is 9.30 Å². The Labute approximate surface area is 253 Å². The van der Waals surface area contributed by atoms with E-state index in [0.717, 1.165) is 11.1 Å². The zero-order chi connectivity index (χ0) is 31.0. The molecule has 1 aliphatic heterocycles. The number of ketones is 1. The zero-order valence-electron chi connectivity index (χ0n) is 25.1. The van der Waals surface area contributed by atoms with Crippen molar-refractivity contribution in [3.05, 3.63) is 114 Å². The molecule has 1 fully saturated rings. The van der Waals surface area contributed by atoms with Crippen LogP contribution in [-0.4, -0.2) is 42.4 Å². The molecule has 0 radical (unpaired) electrons. The molecule has 3 aromatic carbocycles. The van der Waals surface area contributed by atoms with Crippen LogP contribution in [0.1, 0.15) is 43.4 Å². The van der Waals surface area contributed by atoms with Gasteiger partial charge in [0, 0.05) is 39.1 Å². The van der Waals surface area contributed by atoms with E-state index in [-0.39, 0.29) is 23.7 Å². The van der Waals surface area contributed by atoms with Crippen LogP contribution in [0, 0.1) is 11.3 Å². The maximum Gasteiger partial charge on any atom is 0.318 e. The number of aryl methyl sites for hydroxylation is 1. The minimum absolute atomic E-state index is 0.0727. The van der Waals surface area contributed by atoms with Gasteiger partial charge in [0.1, 0.15) is 5.92 Å². The van der Waals surface area contributed by atoms with E-state index >= 15 is 0 Å². The van der Waals surface area contributed by atoms with Crippen molar-refractivity contribution in [2.45, 2.75) is 50.2 Å². The molecule has 1 saturated heterocycles. The van der Waals surface area contributed by atoms with E-state index in [0.29, 0.717) is 11.3 Å². The molecule has 5 rings (SSSR count). The van der Waals surface area contributed by atoms with Crippen LogP contribution in [0.2, 0.25) is 0 Å². The number of benzene rings is 3. The van der Waals surface area contributed by atoms with E-state index in [9.17, 15) is 18.0 Å². The first kappa shape index (κ1) is 30.2. The van der Waals surface area contributed by atoms with E-state index in [2.05, 4.69) is 4.98 Å². The van der Waals surface area contributed by atoms with Crippen molar-refractivity contribution in [1.29, 1.82) is 0 Å². The van der Waals surface area contributed by atoms with Crippen LogP contribution in [0.25, 0.3) is 0 Å². The predicted octanol–water partition coefficient (Wildman–Crippen LogP) is 5.34. The fourth-order valence-electron chi connectivity index (χ4n) is 6.05. The van der Waals surface area contributed by atoms with Crippen LogP contribution >= 0.6 is 0 Å². The summed E-state index contributed by atoms with van der Waals surface area (Å²) in [5.41, 5.74) is 0.956. The maximum atomic E-state index is 14.6. The highest BCUT2D eigenvalue weighted by molar-refractivity contribution is 7.92. The molecule has 0 N–H and O–H groups in total. The van der Waals surface area contributed by atoms with Crippen LogP contribution in [0.4, 0.5) is 5.69 Å². The summed E-state index contributed by atoms with van der Waals surface area (Å²) < 4.78 is 35.6. The third kappa shape index (κ3) is 5.99. The number of nitrogens with zero attached hydrogens (tertiary/aromatic N) is 3. The Kier molecular flexibility index (Phi) is 8.05. The topological polar surface area (TPSA) is 98.6 Å². The van der Waals surface area contributed by atoms with Gasteiger partial charge in [0.05, 0.1) is 12.0 Å². The quantitative estimate of drug-likeness (QED) is 0.190.